The van der Waals surface area contributed by atoms with Crippen molar-refractivity contribution in [3.05, 3.63) is 35.4 Å². The van der Waals surface area contributed by atoms with E-state index in [1.807, 2.05) is 0 Å². The van der Waals surface area contributed by atoms with Gasteiger partial charge in [0.25, 0.3) is 11.8 Å². The third-order valence-corrected chi connectivity index (χ3v) is 3.82. The molecule has 1 aliphatic rings. The number of amides is 3. The van der Waals surface area contributed by atoms with Gasteiger partial charge in [-0.25, -0.2) is 0 Å². The first-order valence-corrected chi connectivity index (χ1v) is 7.25. The van der Waals surface area contributed by atoms with Gasteiger partial charge in [0.15, 0.2) is 0 Å². The Morgan fingerprint density at radius 2 is 1.70 bits per heavy atom. The Bertz CT molecular complexity index is 635. The maximum absolute atomic E-state index is 12.2. The van der Waals surface area contributed by atoms with Crippen LogP contribution in [0.4, 0.5) is 0 Å². The van der Waals surface area contributed by atoms with Crippen LogP contribution in [0.5, 0.6) is 0 Å². The zero-order valence-corrected chi connectivity index (χ0v) is 13.0. The molecule has 122 valence electrons. The van der Waals surface area contributed by atoms with E-state index < -0.39 is 23.7 Å². The Hall–Kier alpha value is -2.70. The molecule has 1 aromatic rings. The molecule has 0 bridgehead atoms. The minimum absolute atomic E-state index is 0.0169. The van der Waals surface area contributed by atoms with E-state index in [1.54, 1.807) is 24.3 Å². The Balaban J connectivity index is 1.94. The molecule has 7 nitrogen and oxygen atoms in total. The van der Waals surface area contributed by atoms with Gasteiger partial charge in [-0.15, -0.1) is 0 Å². The molecule has 0 spiro atoms. The van der Waals surface area contributed by atoms with E-state index in [-0.39, 0.29) is 25.4 Å². The molecular formula is C16H18N2O5. The number of benzene rings is 1. The molecule has 7 heteroatoms. The molecule has 1 atom stereocenters. The minimum atomic E-state index is -0.981. The highest BCUT2D eigenvalue weighted by Gasteiger charge is 2.35. The Morgan fingerprint density at radius 1 is 1.17 bits per heavy atom. The molecule has 0 saturated carbocycles. The maximum atomic E-state index is 12.2. The lowest BCUT2D eigenvalue weighted by molar-refractivity contribution is -0.142. The lowest BCUT2D eigenvalue weighted by Crippen LogP contribution is -2.37. The number of imide groups is 1. The molecule has 1 N–H and O–H groups in total. The molecule has 0 saturated heterocycles. The predicted molar refractivity (Wildman–Crippen MR) is 80.9 cm³/mol. The molecule has 0 aromatic heterocycles. The van der Waals surface area contributed by atoms with Crippen molar-refractivity contribution in [3.63, 3.8) is 0 Å². The summed E-state index contributed by atoms with van der Waals surface area (Å²) in [6.45, 7) is 1.57. The number of carboxylic acids is 1. The van der Waals surface area contributed by atoms with Gasteiger partial charge in [-0.2, -0.15) is 0 Å². The second kappa shape index (κ2) is 6.60. The second-order valence-corrected chi connectivity index (χ2v) is 5.57. The van der Waals surface area contributed by atoms with E-state index in [9.17, 15) is 19.2 Å². The van der Waals surface area contributed by atoms with Crippen molar-refractivity contribution in [2.45, 2.75) is 13.3 Å². The highest BCUT2D eigenvalue weighted by atomic mass is 16.4. The van der Waals surface area contributed by atoms with Crippen molar-refractivity contribution < 1.29 is 24.3 Å². The molecule has 1 aromatic carbocycles. The number of nitrogens with zero attached hydrogens (tertiary/aromatic N) is 2. The van der Waals surface area contributed by atoms with Gasteiger partial charge < -0.3 is 10.0 Å². The highest BCUT2D eigenvalue weighted by molar-refractivity contribution is 6.21. The van der Waals surface area contributed by atoms with E-state index in [4.69, 9.17) is 5.11 Å². The van der Waals surface area contributed by atoms with Gasteiger partial charge in [0, 0.05) is 26.6 Å². The number of fused-ring (bicyclic) bond motifs is 1. The van der Waals surface area contributed by atoms with Gasteiger partial charge in [0.05, 0.1) is 17.0 Å². The van der Waals surface area contributed by atoms with Crippen molar-refractivity contribution in [1.82, 2.24) is 9.80 Å². The summed E-state index contributed by atoms with van der Waals surface area (Å²) < 4.78 is 0. The van der Waals surface area contributed by atoms with Crippen LogP contribution in [0.2, 0.25) is 0 Å². The minimum Gasteiger partial charge on any atom is -0.481 e. The fourth-order valence-electron chi connectivity index (χ4n) is 2.43. The SMILES string of the molecule is CC(CN(C)C(=O)CCN1C(=O)c2ccccc2C1=O)C(=O)O. The first kappa shape index (κ1) is 16.7. The van der Waals surface area contributed by atoms with Crippen molar-refractivity contribution >= 4 is 23.7 Å². The van der Waals surface area contributed by atoms with Crippen molar-refractivity contribution in [1.29, 1.82) is 0 Å². The number of rotatable bonds is 6. The molecule has 1 aliphatic heterocycles. The predicted octanol–water partition coefficient (Wildman–Crippen LogP) is 0.852. The fraction of sp³-hybridized carbons (Fsp3) is 0.375. The van der Waals surface area contributed by atoms with Crippen LogP contribution in [0.3, 0.4) is 0 Å². The van der Waals surface area contributed by atoms with E-state index in [1.165, 1.54) is 18.9 Å². The number of carboxylic acid groups (broad SMARTS) is 1. The summed E-state index contributed by atoms with van der Waals surface area (Å²) in [5, 5.41) is 8.85. The van der Waals surface area contributed by atoms with Crippen LogP contribution in [0, 0.1) is 5.92 Å². The average Bonchev–Trinajstić information content (AvgIpc) is 2.76. The van der Waals surface area contributed by atoms with Crippen LogP contribution in [-0.4, -0.2) is 58.7 Å². The largest absolute Gasteiger partial charge is 0.481 e. The smallest absolute Gasteiger partial charge is 0.308 e. The van der Waals surface area contributed by atoms with Gasteiger partial charge >= 0.3 is 5.97 Å². The van der Waals surface area contributed by atoms with Crippen molar-refractivity contribution in [2.24, 2.45) is 5.92 Å². The molecule has 23 heavy (non-hydrogen) atoms. The fourth-order valence-corrected chi connectivity index (χ4v) is 2.43. The Kier molecular flexibility index (Phi) is 4.78. The Morgan fingerprint density at radius 3 is 2.17 bits per heavy atom. The standard InChI is InChI=1S/C16H18N2O5/c1-10(16(22)23)9-17(2)13(19)7-8-18-14(20)11-5-3-4-6-12(11)15(18)21/h3-6,10H,7-9H2,1-2H3,(H,22,23). The van der Waals surface area contributed by atoms with Crippen LogP contribution in [0.25, 0.3) is 0 Å². The average molecular weight is 318 g/mol. The van der Waals surface area contributed by atoms with E-state index in [2.05, 4.69) is 0 Å². The third-order valence-electron chi connectivity index (χ3n) is 3.82. The van der Waals surface area contributed by atoms with Gasteiger partial charge in [0.2, 0.25) is 5.91 Å². The Labute approximate surface area is 133 Å². The first-order valence-electron chi connectivity index (χ1n) is 7.25. The lowest BCUT2D eigenvalue weighted by atomic mass is 10.1. The van der Waals surface area contributed by atoms with Crippen molar-refractivity contribution in [3.8, 4) is 0 Å². The molecule has 0 radical (unpaired) electrons. The van der Waals surface area contributed by atoms with Crippen molar-refractivity contribution in [2.75, 3.05) is 20.1 Å². The maximum Gasteiger partial charge on any atom is 0.308 e. The van der Waals surface area contributed by atoms with E-state index in [0.29, 0.717) is 11.1 Å². The monoisotopic (exact) mass is 318 g/mol. The number of hydrogen-bond acceptors (Lipinski definition) is 4. The van der Waals surface area contributed by atoms with Gasteiger partial charge in [-0.3, -0.25) is 24.1 Å². The van der Waals surface area contributed by atoms with Crippen LogP contribution in [-0.2, 0) is 9.59 Å². The molecule has 1 unspecified atom stereocenters. The van der Waals surface area contributed by atoms with Gasteiger partial charge in [-0.05, 0) is 12.1 Å². The van der Waals surface area contributed by atoms with Gasteiger partial charge in [-0.1, -0.05) is 19.1 Å². The van der Waals surface area contributed by atoms with Crippen LogP contribution in [0.1, 0.15) is 34.1 Å². The van der Waals surface area contributed by atoms with Crippen LogP contribution >= 0.6 is 0 Å². The quantitative estimate of drug-likeness (QED) is 0.785. The summed E-state index contributed by atoms with van der Waals surface area (Å²) in [5.41, 5.74) is 0.690. The molecule has 2 rings (SSSR count). The summed E-state index contributed by atoms with van der Waals surface area (Å²) in [6.07, 6.45) is -0.0334. The second-order valence-electron chi connectivity index (χ2n) is 5.57. The highest BCUT2D eigenvalue weighted by Crippen LogP contribution is 2.22. The topological polar surface area (TPSA) is 95.0 Å². The zero-order chi connectivity index (χ0) is 17.1. The summed E-state index contributed by atoms with van der Waals surface area (Å²) in [4.78, 5) is 49.5. The summed E-state index contributed by atoms with van der Waals surface area (Å²) in [6, 6.07) is 6.52. The van der Waals surface area contributed by atoms with E-state index in [0.717, 1.165) is 4.90 Å². The number of hydrogen-bond donors (Lipinski definition) is 1. The summed E-state index contributed by atoms with van der Waals surface area (Å²) in [7, 11) is 1.50. The lowest BCUT2D eigenvalue weighted by Gasteiger charge is -2.21. The summed E-state index contributed by atoms with van der Waals surface area (Å²) in [5.74, 6) is -2.78. The van der Waals surface area contributed by atoms with Gasteiger partial charge in [0.1, 0.15) is 0 Å². The molecule has 3 amide bonds. The van der Waals surface area contributed by atoms with Crippen LogP contribution < -0.4 is 0 Å². The number of aliphatic carboxylic acids is 1. The third kappa shape index (κ3) is 3.39. The molecule has 0 fully saturated rings. The molecule has 1 heterocycles. The van der Waals surface area contributed by atoms with E-state index >= 15 is 0 Å². The molecular weight excluding hydrogens is 300 g/mol. The normalized spacial score (nSPS) is 14.6. The first-order chi connectivity index (χ1) is 10.8. The molecule has 0 aliphatic carbocycles. The zero-order valence-electron chi connectivity index (χ0n) is 13.0. The number of carbonyl (C=O) groups excluding carboxylic acids is 3. The van der Waals surface area contributed by atoms with Crippen LogP contribution in [0.15, 0.2) is 24.3 Å². The summed E-state index contributed by atoms with van der Waals surface area (Å²) >= 11 is 0. The number of carbonyl (C=O) groups is 4.